The molecule has 6 nitrogen and oxygen atoms in total. The maximum Gasteiger partial charge on any atom is 0.337 e. The summed E-state index contributed by atoms with van der Waals surface area (Å²) in [6.07, 6.45) is 2.35. The number of nitrogens with zero attached hydrogens (tertiary/aromatic N) is 2. The fourth-order valence-electron chi connectivity index (χ4n) is 2.06. The first-order valence-electron chi connectivity index (χ1n) is 7.21. The van der Waals surface area contributed by atoms with Crippen molar-refractivity contribution in [2.45, 2.75) is 25.8 Å². The number of aryl methyl sites for hydroxylation is 1. The normalized spacial score (nSPS) is 13.5. The molecule has 1 heterocycles. The quantitative estimate of drug-likeness (QED) is 0.827. The third-order valence-corrected chi connectivity index (χ3v) is 3.34. The van der Waals surface area contributed by atoms with Gasteiger partial charge < -0.3 is 15.4 Å². The number of rotatable bonds is 5. The zero-order chi connectivity index (χ0) is 15.5. The number of hydrogen-bond donors (Lipinski definition) is 2. The molecule has 1 aliphatic rings. The maximum absolute atomic E-state index is 11.4. The minimum Gasteiger partial charge on any atom is -0.465 e. The standard InChI is InChI=1S/C16H18N4O2/c1-10-9-14(20-16(17-10)19-13-7-8-13)18-12-5-3-11(4-6-12)15(21)22-2/h3-6,9,13H,7-8H2,1-2H3,(H2,17,18,19,20). The average molecular weight is 298 g/mol. The predicted octanol–water partition coefficient (Wildman–Crippen LogP) is 2.89. The van der Waals surface area contributed by atoms with Crippen LogP contribution in [0.3, 0.4) is 0 Å². The highest BCUT2D eigenvalue weighted by atomic mass is 16.5. The highest BCUT2D eigenvalue weighted by molar-refractivity contribution is 5.89. The van der Waals surface area contributed by atoms with Gasteiger partial charge in [0.2, 0.25) is 5.95 Å². The SMILES string of the molecule is COC(=O)c1ccc(Nc2cc(C)nc(NC3CC3)n2)cc1. The molecule has 6 heteroatoms. The molecule has 22 heavy (non-hydrogen) atoms. The summed E-state index contributed by atoms with van der Waals surface area (Å²) in [6, 6.07) is 9.45. The van der Waals surface area contributed by atoms with E-state index in [4.69, 9.17) is 0 Å². The number of nitrogens with one attached hydrogen (secondary N) is 2. The highest BCUT2D eigenvalue weighted by Crippen LogP contribution is 2.24. The van der Waals surface area contributed by atoms with Crippen LogP contribution in [0, 0.1) is 6.92 Å². The lowest BCUT2D eigenvalue weighted by Crippen LogP contribution is -2.07. The number of ether oxygens (including phenoxy) is 1. The molecule has 0 spiro atoms. The van der Waals surface area contributed by atoms with E-state index < -0.39 is 0 Å². The molecule has 0 unspecified atom stereocenters. The smallest absolute Gasteiger partial charge is 0.337 e. The van der Waals surface area contributed by atoms with Crippen LogP contribution in [0.1, 0.15) is 28.9 Å². The maximum atomic E-state index is 11.4. The number of esters is 1. The molecule has 1 aromatic carbocycles. The Balaban J connectivity index is 1.74. The van der Waals surface area contributed by atoms with Crippen molar-refractivity contribution in [3.05, 3.63) is 41.6 Å². The summed E-state index contributed by atoms with van der Waals surface area (Å²) in [6.45, 7) is 1.94. The van der Waals surface area contributed by atoms with Gasteiger partial charge in [-0.15, -0.1) is 0 Å². The summed E-state index contributed by atoms with van der Waals surface area (Å²) in [5, 5.41) is 6.51. The second-order valence-corrected chi connectivity index (χ2v) is 5.33. The monoisotopic (exact) mass is 298 g/mol. The average Bonchev–Trinajstić information content (AvgIpc) is 3.30. The molecule has 0 aliphatic heterocycles. The number of carbonyl (C=O) groups is 1. The third kappa shape index (κ3) is 3.52. The van der Waals surface area contributed by atoms with Gasteiger partial charge in [0.25, 0.3) is 0 Å². The van der Waals surface area contributed by atoms with Crippen molar-refractivity contribution in [3.63, 3.8) is 0 Å². The van der Waals surface area contributed by atoms with Crippen LogP contribution in [-0.4, -0.2) is 29.1 Å². The minimum atomic E-state index is -0.347. The van der Waals surface area contributed by atoms with Gasteiger partial charge in [0.1, 0.15) is 5.82 Å². The zero-order valence-electron chi connectivity index (χ0n) is 12.6. The van der Waals surface area contributed by atoms with Crippen molar-refractivity contribution >= 4 is 23.4 Å². The van der Waals surface area contributed by atoms with E-state index in [2.05, 4.69) is 25.3 Å². The Morgan fingerprint density at radius 3 is 2.59 bits per heavy atom. The summed E-state index contributed by atoms with van der Waals surface area (Å²) < 4.78 is 4.68. The van der Waals surface area contributed by atoms with Crippen molar-refractivity contribution in [2.75, 3.05) is 17.7 Å². The van der Waals surface area contributed by atoms with Gasteiger partial charge in [0, 0.05) is 23.5 Å². The van der Waals surface area contributed by atoms with Crippen LogP contribution in [0.2, 0.25) is 0 Å². The number of anilines is 3. The van der Waals surface area contributed by atoms with Gasteiger partial charge in [-0.25, -0.2) is 9.78 Å². The van der Waals surface area contributed by atoms with E-state index in [1.54, 1.807) is 12.1 Å². The fraction of sp³-hybridized carbons (Fsp3) is 0.312. The van der Waals surface area contributed by atoms with E-state index in [0.717, 1.165) is 17.2 Å². The lowest BCUT2D eigenvalue weighted by atomic mass is 10.2. The van der Waals surface area contributed by atoms with Gasteiger partial charge in [-0.2, -0.15) is 4.98 Å². The first-order valence-corrected chi connectivity index (χ1v) is 7.21. The van der Waals surface area contributed by atoms with Crippen LogP contribution in [0.15, 0.2) is 30.3 Å². The molecule has 0 atom stereocenters. The van der Waals surface area contributed by atoms with Crippen molar-refractivity contribution in [1.29, 1.82) is 0 Å². The van der Waals surface area contributed by atoms with Gasteiger partial charge in [-0.3, -0.25) is 0 Å². The van der Waals surface area contributed by atoms with Crippen molar-refractivity contribution < 1.29 is 9.53 Å². The first kappa shape index (κ1) is 14.3. The molecule has 0 radical (unpaired) electrons. The van der Waals surface area contributed by atoms with Crippen molar-refractivity contribution in [1.82, 2.24) is 9.97 Å². The van der Waals surface area contributed by atoms with E-state index >= 15 is 0 Å². The molecule has 3 rings (SSSR count). The Labute approximate surface area is 128 Å². The summed E-state index contributed by atoms with van der Waals surface area (Å²) >= 11 is 0. The number of aromatic nitrogens is 2. The Bertz CT molecular complexity index is 681. The molecule has 0 bridgehead atoms. The third-order valence-electron chi connectivity index (χ3n) is 3.34. The van der Waals surface area contributed by atoms with E-state index in [0.29, 0.717) is 17.6 Å². The van der Waals surface area contributed by atoms with Crippen molar-refractivity contribution in [3.8, 4) is 0 Å². The minimum absolute atomic E-state index is 0.347. The molecule has 1 fully saturated rings. The molecule has 1 aliphatic carbocycles. The Morgan fingerprint density at radius 1 is 1.23 bits per heavy atom. The topological polar surface area (TPSA) is 76.1 Å². The van der Waals surface area contributed by atoms with E-state index in [1.807, 2.05) is 25.1 Å². The summed E-state index contributed by atoms with van der Waals surface area (Å²) in [7, 11) is 1.37. The van der Waals surface area contributed by atoms with Crippen molar-refractivity contribution in [2.24, 2.45) is 0 Å². The molecule has 0 saturated heterocycles. The fourth-order valence-corrected chi connectivity index (χ4v) is 2.06. The van der Waals surface area contributed by atoms with Crippen LogP contribution in [0.25, 0.3) is 0 Å². The Hall–Kier alpha value is -2.63. The van der Waals surface area contributed by atoms with Crippen LogP contribution in [-0.2, 0) is 4.74 Å². The molecule has 114 valence electrons. The molecule has 2 N–H and O–H groups in total. The zero-order valence-corrected chi connectivity index (χ0v) is 12.6. The van der Waals surface area contributed by atoms with Gasteiger partial charge in [-0.1, -0.05) is 0 Å². The van der Waals surface area contributed by atoms with E-state index in [1.165, 1.54) is 20.0 Å². The number of carbonyl (C=O) groups excluding carboxylic acids is 1. The summed E-state index contributed by atoms with van der Waals surface area (Å²) in [4.78, 5) is 20.2. The van der Waals surface area contributed by atoms with Crippen LogP contribution >= 0.6 is 0 Å². The lowest BCUT2D eigenvalue weighted by molar-refractivity contribution is 0.0601. The Morgan fingerprint density at radius 2 is 1.95 bits per heavy atom. The summed E-state index contributed by atoms with van der Waals surface area (Å²) in [5.74, 6) is 1.03. The molecular weight excluding hydrogens is 280 g/mol. The second kappa shape index (κ2) is 6.01. The first-order chi connectivity index (χ1) is 10.6. The van der Waals surface area contributed by atoms with Gasteiger partial charge in [-0.05, 0) is 44.0 Å². The lowest BCUT2D eigenvalue weighted by Gasteiger charge is -2.10. The van der Waals surface area contributed by atoms with E-state index in [-0.39, 0.29) is 5.97 Å². The molecule has 1 aromatic heterocycles. The van der Waals surface area contributed by atoms with Crippen LogP contribution in [0.5, 0.6) is 0 Å². The molecule has 0 amide bonds. The largest absolute Gasteiger partial charge is 0.465 e. The van der Waals surface area contributed by atoms with Gasteiger partial charge in [0.05, 0.1) is 12.7 Å². The predicted molar refractivity (Wildman–Crippen MR) is 84.5 cm³/mol. The van der Waals surface area contributed by atoms with Gasteiger partial charge in [0.15, 0.2) is 0 Å². The number of hydrogen-bond acceptors (Lipinski definition) is 6. The highest BCUT2D eigenvalue weighted by Gasteiger charge is 2.22. The molecule has 1 saturated carbocycles. The summed E-state index contributed by atoms with van der Waals surface area (Å²) in [5.41, 5.74) is 2.26. The number of methoxy groups -OCH3 is 1. The van der Waals surface area contributed by atoms with E-state index in [9.17, 15) is 4.79 Å². The molecular formula is C16H18N4O2. The molecule has 2 aromatic rings. The van der Waals surface area contributed by atoms with Crippen LogP contribution in [0.4, 0.5) is 17.5 Å². The second-order valence-electron chi connectivity index (χ2n) is 5.33. The van der Waals surface area contributed by atoms with Crippen LogP contribution < -0.4 is 10.6 Å². The Kier molecular flexibility index (Phi) is 3.91. The van der Waals surface area contributed by atoms with Gasteiger partial charge >= 0.3 is 5.97 Å². The number of benzene rings is 1.